The molecule has 1 aliphatic rings. The van der Waals surface area contributed by atoms with Crippen molar-refractivity contribution in [2.45, 2.75) is 46.5 Å². The zero-order valence-electron chi connectivity index (χ0n) is 14.8. The van der Waals surface area contributed by atoms with Crippen LogP contribution in [0.25, 0.3) is 0 Å². The molecule has 1 fully saturated rings. The molecule has 1 aliphatic heterocycles. The fraction of sp³-hybridized carbons (Fsp3) is 0.474. The van der Waals surface area contributed by atoms with Crippen molar-refractivity contribution in [1.82, 2.24) is 5.16 Å². The van der Waals surface area contributed by atoms with Gasteiger partial charge in [-0.15, -0.1) is 0 Å². The summed E-state index contributed by atoms with van der Waals surface area (Å²) in [5.41, 5.74) is 4.30. The Morgan fingerprint density at radius 1 is 1.25 bits per heavy atom. The van der Waals surface area contributed by atoms with Crippen molar-refractivity contribution in [3.63, 3.8) is 0 Å². The summed E-state index contributed by atoms with van der Waals surface area (Å²) >= 11 is 0. The number of nitrogens with zero attached hydrogens (tertiary/aromatic N) is 2. The van der Waals surface area contributed by atoms with E-state index in [4.69, 9.17) is 4.52 Å². The highest BCUT2D eigenvalue weighted by molar-refractivity contribution is 6.06. The number of hydrogen-bond donors (Lipinski definition) is 1. The highest BCUT2D eigenvalue weighted by atomic mass is 16.5. The Labute approximate surface area is 143 Å². The van der Waals surface area contributed by atoms with Gasteiger partial charge in [-0.1, -0.05) is 19.0 Å². The third-order valence-corrected chi connectivity index (χ3v) is 4.57. The van der Waals surface area contributed by atoms with Gasteiger partial charge in [0.2, 0.25) is 0 Å². The van der Waals surface area contributed by atoms with Crippen molar-refractivity contribution in [1.29, 1.82) is 0 Å². The third kappa shape index (κ3) is 3.16. The lowest BCUT2D eigenvalue weighted by Crippen LogP contribution is -2.18. The van der Waals surface area contributed by atoms with Crippen molar-refractivity contribution in [3.05, 3.63) is 40.8 Å². The quantitative estimate of drug-likeness (QED) is 0.911. The molecule has 1 amide bonds. The lowest BCUT2D eigenvalue weighted by molar-refractivity contribution is 0.102. The largest absolute Gasteiger partial charge is 0.372 e. The minimum absolute atomic E-state index is 0.116. The molecule has 1 N–H and O–H groups in total. The summed E-state index contributed by atoms with van der Waals surface area (Å²) in [5.74, 6) is 0.594. The summed E-state index contributed by atoms with van der Waals surface area (Å²) in [7, 11) is 0. The van der Waals surface area contributed by atoms with Crippen molar-refractivity contribution >= 4 is 17.3 Å². The molecule has 1 aromatic carbocycles. The van der Waals surface area contributed by atoms with Gasteiger partial charge in [0.25, 0.3) is 5.91 Å². The number of amides is 1. The standard InChI is InChI=1S/C19H25N3O2/c1-12(2)18-17(14(4)21-24-18)19(23)20-16-8-7-15(11-13(16)3)22-9-5-6-10-22/h7-8,11-12H,5-6,9-10H2,1-4H3,(H,20,23). The summed E-state index contributed by atoms with van der Waals surface area (Å²) in [6.45, 7) is 10.0. The first kappa shape index (κ1) is 16.6. The van der Waals surface area contributed by atoms with E-state index in [2.05, 4.69) is 27.5 Å². The molecule has 0 unspecified atom stereocenters. The van der Waals surface area contributed by atoms with Gasteiger partial charge in [-0.25, -0.2) is 0 Å². The molecule has 5 heteroatoms. The number of carbonyl (C=O) groups is 1. The molecule has 0 atom stereocenters. The Morgan fingerprint density at radius 2 is 1.96 bits per heavy atom. The maximum absolute atomic E-state index is 12.7. The number of aromatic nitrogens is 1. The van der Waals surface area contributed by atoms with E-state index in [1.54, 1.807) is 6.92 Å². The fourth-order valence-corrected chi connectivity index (χ4v) is 3.20. The molecule has 2 aromatic rings. The lowest BCUT2D eigenvalue weighted by Gasteiger charge is -2.19. The molecule has 2 heterocycles. The molecule has 24 heavy (non-hydrogen) atoms. The topological polar surface area (TPSA) is 58.4 Å². The Morgan fingerprint density at radius 3 is 2.58 bits per heavy atom. The minimum atomic E-state index is -0.158. The summed E-state index contributed by atoms with van der Waals surface area (Å²) in [6, 6.07) is 6.21. The normalized spacial score (nSPS) is 14.5. The Bertz CT molecular complexity index is 743. The monoisotopic (exact) mass is 327 g/mol. The molecule has 128 valence electrons. The number of benzene rings is 1. The van der Waals surface area contributed by atoms with Crippen molar-refractivity contribution in [3.8, 4) is 0 Å². The molecular formula is C19H25N3O2. The first-order chi connectivity index (χ1) is 11.5. The lowest BCUT2D eigenvalue weighted by atomic mass is 10.0. The maximum Gasteiger partial charge on any atom is 0.261 e. The van der Waals surface area contributed by atoms with E-state index in [-0.39, 0.29) is 11.8 Å². The van der Waals surface area contributed by atoms with E-state index in [0.29, 0.717) is 17.0 Å². The average Bonchev–Trinajstić information content (AvgIpc) is 3.18. The second-order valence-electron chi connectivity index (χ2n) is 6.81. The Kier molecular flexibility index (Phi) is 4.60. The molecule has 0 bridgehead atoms. The summed E-state index contributed by atoms with van der Waals surface area (Å²) < 4.78 is 5.32. The molecule has 0 radical (unpaired) electrons. The second-order valence-corrected chi connectivity index (χ2v) is 6.81. The van der Waals surface area contributed by atoms with Gasteiger partial charge in [-0.2, -0.15) is 0 Å². The van der Waals surface area contributed by atoms with Gasteiger partial charge >= 0.3 is 0 Å². The van der Waals surface area contributed by atoms with Crippen molar-refractivity contribution < 1.29 is 9.32 Å². The fourth-order valence-electron chi connectivity index (χ4n) is 3.20. The van der Waals surface area contributed by atoms with E-state index in [0.717, 1.165) is 24.3 Å². The number of rotatable bonds is 4. The van der Waals surface area contributed by atoms with Crippen molar-refractivity contribution in [2.24, 2.45) is 0 Å². The van der Waals surface area contributed by atoms with Crippen LogP contribution in [0.4, 0.5) is 11.4 Å². The number of hydrogen-bond acceptors (Lipinski definition) is 4. The number of anilines is 2. The molecule has 0 saturated carbocycles. The third-order valence-electron chi connectivity index (χ3n) is 4.57. The van der Waals surface area contributed by atoms with Crippen LogP contribution in [0.1, 0.15) is 60.0 Å². The molecule has 0 aliphatic carbocycles. The van der Waals surface area contributed by atoms with Gasteiger partial charge in [0.1, 0.15) is 5.56 Å². The predicted molar refractivity (Wildman–Crippen MR) is 95.9 cm³/mol. The van der Waals surface area contributed by atoms with E-state index < -0.39 is 0 Å². The highest BCUT2D eigenvalue weighted by Gasteiger charge is 2.23. The van der Waals surface area contributed by atoms with Gasteiger partial charge in [-0.05, 0) is 50.5 Å². The van der Waals surface area contributed by atoms with Gasteiger partial charge in [0, 0.05) is 30.4 Å². The van der Waals surface area contributed by atoms with Crippen LogP contribution in [0.3, 0.4) is 0 Å². The molecule has 1 aromatic heterocycles. The molecule has 0 spiro atoms. The zero-order valence-corrected chi connectivity index (χ0v) is 14.8. The highest BCUT2D eigenvalue weighted by Crippen LogP contribution is 2.27. The van der Waals surface area contributed by atoms with Gasteiger partial charge < -0.3 is 14.7 Å². The van der Waals surface area contributed by atoms with Crippen LogP contribution >= 0.6 is 0 Å². The summed E-state index contributed by atoms with van der Waals surface area (Å²) in [6.07, 6.45) is 2.50. The summed E-state index contributed by atoms with van der Waals surface area (Å²) in [4.78, 5) is 15.1. The van der Waals surface area contributed by atoms with Crippen LogP contribution in [0.2, 0.25) is 0 Å². The van der Waals surface area contributed by atoms with E-state index in [1.807, 2.05) is 26.8 Å². The van der Waals surface area contributed by atoms with Crippen molar-refractivity contribution in [2.75, 3.05) is 23.3 Å². The van der Waals surface area contributed by atoms with Gasteiger partial charge in [0.15, 0.2) is 5.76 Å². The van der Waals surface area contributed by atoms with Gasteiger partial charge in [0.05, 0.1) is 5.69 Å². The SMILES string of the molecule is Cc1cc(N2CCCC2)ccc1NC(=O)c1c(C)noc1C(C)C. The molecular weight excluding hydrogens is 302 g/mol. The summed E-state index contributed by atoms with van der Waals surface area (Å²) in [5, 5.41) is 6.96. The first-order valence-corrected chi connectivity index (χ1v) is 8.60. The average molecular weight is 327 g/mol. The van der Waals surface area contributed by atoms with Crippen LogP contribution in [-0.2, 0) is 0 Å². The minimum Gasteiger partial charge on any atom is -0.372 e. The van der Waals surface area contributed by atoms with Crippen LogP contribution in [-0.4, -0.2) is 24.2 Å². The number of nitrogens with one attached hydrogen (secondary N) is 1. The first-order valence-electron chi connectivity index (χ1n) is 8.60. The van der Waals surface area contributed by atoms with Crippen LogP contribution in [0.5, 0.6) is 0 Å². The zero-order chi connectivity index (χ0) is 17.3. The van der Waals surface area contributed by atoms with E-state index in [1.165, 1.54) is 18.5 Å². The Hall–Kier alpha value is -2.30. The van der Waals surface area contributed by atoms with Crippen LogP contribution < -0.4 is 10.2 Å². The smallest absolute Gasteiger partial charge is 0.261 e. The predicted octanol–water partition coefficient (Wildman–Crippen LogP) is 4.27. The Balaban J connectivity index is 1.81. The number of aryl methyl sites for hydroxylation is 2. The maximum atomic E-state index is 12.7. The molecule has 3 rings (SSSR count). The van der Waals surface area contributed by atoms with Crippen LogP contribution in [0, 0.1) is 13.8 Å². The van der Waals surface area contributed by atoms with Crippen LogP contribution in [0.15, 0.2) is 22.7 Å². The second kappa shape index (κ2) is 6.67. The molecule has 1 saturated heterocycles. The van der Waals surface area contributed by atoms with E-state index >= 15 is 0 Å². The van der Waals surface area contributed by atoms with Gasteiger partial charge in [-0.3, -0.25) is 4.79 Å². The molecule has 5 nitrogen and oxygen atoms in total. The number of carbonyl (C=O) groups excluding carboxylic acids is 1. The van der Waals surface area contributed by atoms with E-state index in [9.17, 15) is 4.79 Å².